The SMILES string of the molecule is O=C(C=Cc1ccc2c(c1)OCCO2)CCl. The first-order valence-electron chi connectivity index (χ1n) is 4.96. The predicted octanol–water partition coefficient (Wildman–Crippen LogP) is 2.28. The van der Waals surface area contributed by atoms with Crippen LogP contribution in [-0.4, -0.2) is 24.9 Å². The van der Waals surface area contributed by atoms with E-state index in [1.54, 1.807) is 6.08 Å². The molecular formula is C12H11ClO3. The molecule has 4 heteroatoms. The monoisotopic (exact) mass is 238 g/mol. The fourth-order valence-corrected chi connectivity index (χ4v) is 1.49. The van der Waals surface area contributed by atoms with E-state index in [1.807, 2.05) is 18.2 Å². The Morgan fingerprint density at radius 3 is 2.81 bits per heavy atom. The van der Waals surface area contributed by atoms with E-state index in [1.165, 1.54) is 6.08 Å². The molecule has 1 aliphatic rings. The van der Waals surface area contributed by atoms with Crippen molar-refractivity contribution in [1.29, 1.82) is 0 Å². The van der Waals surface area contributed by atoms with Crippen molar-refractivity contribution in [3.63, 3.8) is 0 Å². The summed E-state index contributed by atoms with van der Waals surface area (Å²) in [6.45, 7) is 1.13. The van der Waals surface area contributed by atoms with Gasteiger partial charge in [0.1, 0.15) is 13.2 Å². The van der Waals surface area contributed by atoms with Crippen molar-refractivity contribution in [2.45, 2.75) is 0 Å². The van der Waals surface area contributed by atoms with E-state index in [-0.39, 0.29) is 11.7 Å². The van der Waals surface area contributed by atoms with Crippen LogP contribution < -0.4 is 9.47 Å². The van der Waals surface area contributed by atoms with Crippen molar-refractivity contribution in [2.75, 3.05) is 19.1 Å². The molecule has 0 unspecified atom stereocenters. The third kappa shape index (κ3) is 2.55. The number of benzene rings is 1. The molecule has 0 spiro atoms. The zero-order valence-corrected chi connectivity index (χ0v) is 9.37. The number of rotatable bonds is 3. The molecule has 2 rings (SSSR count). The van der Waals surface area contributed by atoms with E-state index in [9.17, 15) is 4.79 Å². The van der Waals surface area contributed by atoms with Crippen LogP contribution in [0.3, 0.4) is 0 Å². The molecule has 0 saturated carbocycles. The van der Waals surface area contributed by atoms with Crippen LogP contribution in [0.1, 0.15) is 5.56 Å². The third-order valence-electron chi connectivity index (χ3n) is 2.16. The van der Waals surface area contributed by atoms with Crippen molar-refractivity contribution >= 4 is 23.5 Å². The summed E-state index contributed by atoms with van der Waals surface area (Å²) in [5.74, 6) is 1.34. The molecule has 0 aliphatic carbocycles. The normalized spacial score (nSPS) is 14.1. The summed E-state index contributed by atoms with van der Waals surface area (Å²) in [6, 6.07) is 5.54. The summed E-state index contributed by atoms with van der Waals surface area (Å²) in [6.07, 6.45) is 3.17. The highest BCUT2D eigenvalue weighted by atomic mass is 35.5. The summed E-state index contributed by atoms with van der Waals surface area (Å²) in [5, 5.41) is 0. The number of halogens is 1. The fourth-order valence-electron chi connectivity index (χ4n) is 1.40. The van der Waals surface area contributed by atoms with Crippen molar-refractivity contribution in [3.8, 4) is 11.5 Å². The summed E-state index contributed by atoms with van der Waals surface area (Å²) in [4.78, 5) is 11.0. The number of hydrogen-bond donors (Lipinski definition) is 0. The first-order chi connectivity index (χ1) is 7.79. The van der Waals surface area contributed by atoms with E-state index in [0.29, 0.717) is 19.0 Å². The smallest absolute Gasteiger partial charge is 0.170 e. The molecular weight excluding hydrogens is 228 g/mol. The summed E-state index contributed by atoms with van der Waals surface area (Å²) < 4.78 is 10.8. The highest BCUT2D eigenvalue weighted by molar-refractivity contribution is 6.29. The lowest BCUT2D eigenvalue weighted by Crippen LogP contribution is -2.15. The van der Waals surface area contributed by atoms with Crippen molar-refractivity contribution in [1.82, 2.24) is 0 Å². The van der Waals surface area contributed by atoms with E-state index in [4.69, 9.17) is 21.1 Å². The van der Waals surface area contributed by atoms with Gasteiger partial charge in [-0.1, -0.05) is 12.1 Å². The molecule has 0 N–H and O–H groups in total. The van der Waals surface area contributed by atoms with Gasteiger partial charge in [-0.25, -0.2) is 0 Å². The van der Waals surface area contributed by atoms with Gasteiger partial charge in [0.15, 0.2) is 17.3 Å². The lowest BCUT2D eigenvalue weighted by Gasteiger charge is -2.18. The number of carbonyl (C=O) groups excluding carboxylic acids is 1. The van der Waals surface area contributed by atoms with Gasteiger partial charge in [0.2, 0.25) is 0 Å². The number of ketones is 1. The lowest BCUT2D eigenvalue weighted by atomic mass is 10.1. The van der Waals surface area contributed by atoms with Crippen molar-refractivity contribution in [2.24, 2.45) is 0 Å². The molecule has 0 atom stereocenters. The Morgan fingerprint density at radius 1 is 1.31 bits per heavy atom. The Kier molecular flexibility index (Phi) is 3.47. The van der Waals surface area contributed by atoms with Gasteiger partial charge in [0.05, 0.1) is 5.88 Å². The van der Waals surface area contributed by atoms with Crippen molar-refractivity contribution < 1.29 is 14.3 Å². The maximum Gasteiger partial charge on any atom is 0.170 e. The minimum atomic E-state index is -0.114. The molecule has 16 heavy (non-hydrogen) atoms. The summed E-state index contributed by atoms with van der Waals surface area (Å²) in [5.41, 5.74) is 0.891. The van der Waals surface area contributed by atoms with Gasteiger partial charge < -0.3 is 9.47 Å². The van der Waals surface area contributed by atoms with Crippen molar-refractivity contribution in [3.05, 3.63) is 29.8 Å². The van der Waals surface area contributed by atoms with E-state index in [2.05, 4.69) is 0 Å². The first-order valence-corrected chi connectivity index (χ1v) is 5.49. The molecule has 1 heterocycles. The first kappa shape index (κ1) is 11.0. The number of ether oxygens (including phenoxy) is 2. The average molecular weight is 239 g/mol. The maximum absolute atomic E-state index is 11.0. The van der Waals surface area contributed by atoms with Crippen LogP contribution in [-0.2, 0) is 4.79 Å². The molecule has 0 bridgehead atoms. The average Bonchev–Trinajstić information content (AvgIpc) is 2.35. The number of fused-ring (bicyclic) bond motifs is 1. The van der Waals surface area contributed by atoms with Gasteiger partial charge in [-0.05, 0) is 23.8 Å². The Balaban J connectivity index is 2.17. The van der Waals surface area contributed by atoms with Gasteiger partial charge in [-0.15, -0.1) is 11.6 Å². The quantitative estimate of drug-likeness (QED) is 0.599. The number of allylic oxidation sites excluding steroid dienone is 1. The van der Waals surface area contributed by atoms with E-state index >= 15 is 0 Å². The van der Waals surface area contributed by atoms with E-state index < -0.39 is 0 Å². The Bertz CT molecular complexity index is 426. The Labute approximate surface area is 98.6 Å². The van der Waals surface area contributed by atoms with Gasteiger partial charge in [0, 0.05) is 0 Å². The maximum atomic E-state index is 11.0. The Hall–Kier alpha value is -1.48. The van der Waals surface area contributed by atoms with Gasteiger partial charge in [-0.3, -0.25) is 4.79 Å². The predicted molar refractivity (Wildman–Crippen MR) is 62.2 cm³/mol. The molecule has 0 radical (unpaired) electrons. The largest absolute Gasteiger partial charge is 0.486 e. The van der Waals surface area contributed by atoms with Gasteiger partial charge >= 0.3 is 0 Å². The molecule has 1 aliphatic heterocycles. The minimum absolute atomic E-state index is 0.00104. The second kappa shape index (κ2) is 5.03. The second-order valence-electron chi connectivity index (χ2n) is 3.34. The molecule has 1 aromatic carbocycles. The van der Waals surface area contributed by atoms with Crippen LogP contribution in [0.5, 0.6) is 11.5 Å². The third-order valence-corrected chi connectivity index (χ3v) is 2.42. The van der Waals surface area contributed by atoms with Crippen LogP contribution >= 0.6 is 11.6 Å². The second-order valence-corrected chi connectivity index (χ2v) is 3.60. The molecule has 0 aromatic heterocycles. The number of carbonyl (C=O) groups is 1. The summed E-state index contributed by atoms with van der Waals surface area (Å²) >= 11 is 5.39. The van der Waals surface area contributed by atoms with Gasteiger partial charge in [0.25, 0.3) is 0 Å². The standard InChI is InChI=1S/C12H11ClO3/c13-8-10(14)3-1-9-2-4-11-12(7-9)16-6-5-15-11/h1-4,7H,5-6,8H2. The fraction of sp³-hybridized carbons (Fsp3) is 0.250. The zero-order chi connectivity index (χ0) is 11.4. The van der Waals surface area contributed by atoms with Crippen LogP contribution in [0.4, 0.5) is 0 Å². The van der Waals surface area contributed by atoms with Gasteiger partial charge in [-0.2, -0.15) is 0 Å². The molecule has 0 saturated heterocycles. The molecule has 0 fully saturated rings. The highest BCUT2D eigenvalue weighted by Crippen LogP contribution is 2.30. The molecule has 84 valence electrons. The van der Waals surface area contributed by atoms with Crippen LogP contribution in [0.2, 0.25) is 0 Å². The van der Waals surface area contributed by atoms with Crippen LogP contribution in [0, 0.1) is 0 Å². The zero-order valence-electron chi connectivity index (χ0n) is 8.61. The highest BCUT2D eigenvalue weighted by Gasteiger charge is 2.10. The minimum Gasteiger partial charge on any atom is -0.486 e. The number of alkyl halides is 1. The molecule has 3 nitrogen and oxygen atoms in total. The topological polar surface area (TPSA) is 35.5 Å². The lowest BCUT2D eigenvalue weighted by molar-refractivity contribution is -0.112. The number of hydrogen-bond acceptors (Lipinski definition) is 3. The molecule has 1 aromatic rings. The Morgan fingerprint density at radius 2 is 2.06 bits per heavy atom. The van der Waals surface area contributed by atoms with Crippen LogP contribution in [0.25, 0.3) is 6.08 Å². The molecule has 0 amide bonds. The van der Waals surface area contributed by atoms with E-state index in [0.717, 1.165) is 11.3 Å². The summed E-state index contributed by atoms with van der Waals surface area (Å²) in [7, 11) is 0. The van der Waals surface area contributed by atoms with Crippen LogP contribution in [0.15, 0.2) is 24.3 Å².